The lowest BCUT2D eigenvalue weighted by Gasteiger charge is -2.09. The van der Waals surface area contributed by atoms with Crippen LogP contribution in [0, 0.1) is 5.82 Å². The van der Waals surface area contributed by atoms with Crippen molar-refractivity contribution in [2.45, 2.75) is 13.0 Å². The Morgan fingerprint density at radius 3 is 2.60 bits per heavy atom. The number of halogens is 1. The highest BCUT2D eigenvalue weighted by atomic mass is 19.1. The van der Waals surface area contributed by atoms with Gasteiger partial charge in [-0.15, -0.1) is 0 Å². The molecule has 1 heterocycles. The Kier molecular flexibility index (Phi) is 7.30. The largest absolute Gasteiger partial charge is 0.494 e. The normalized spacial score (nSPS) is 10.1. The van der Waals surface area contributed by atoms with Crippen LogP contribution in [0.25, 0.3) is 0 Å². The van der Waals surface area contributed by atoms with Gasteiger partial charge in [-0.1, -0.05) is 0 Å². The van der Waals surface area contributed by atoms with Gasteiger partial charge in [0.05, 0.1) is 26.0 Å². The standard InChI is InChI=1S/C17H20FN3O4/c18-13-4-6-14(7-5-13)24-10-2-8-19-17(23)21-12-16(22)20-11-15-3-1-9-25-15/h1,3-7,9H,2,8,10-12H2,(H,20,22)(H2,19,21,23). The van der Waals surface area contributed by atoms with E-state index in [0.717, 1.165) is 0 Å². The van der Waals surface area contributed by atoms with E-state index in [2.05, 4.69) is 16.0 Å². The fourth-order valence-electron chi connectivity index (χ4n) is 1.88. The average Bonchev–Trinajstić information content (AvgIpc) is 3.13. The highest BCUT2D eigenvalue weighted by molar-refractivity contribution is 5.83. The minimum Gasteiger partial charge on any atom is -0.494 e. The van der Waals surface area contributed by atoms with Crippen LogP contribution in [0.1, 0.15) is 12.2 Å². The van der Waals surface area contributed by atoms with E-state index in [4.69, 9.17) is 9.15 Å². The molecule has 3 amide bonds. The average molecular weight is 349 g/mol. The molecule has 0 aliphatic carbocycles. The molecule has 0 radical (unpaired) electrons. The number of urea groups is 1. The first-order chi connectivity index (χ1) is 12.1. The number of benzene rings is 1. The van der Waals surface area contributed by atoms with Gasteiger partial charge in [0.1, 0.15) is 17.3 Å². The fourth-order valence-corrected chi connectivity index (χ4v) is 1.88. The van der Waals surface area contributed by atoms with Crippen LogP contribution in [-0.4, -0.2) is 31.6 Å². The zero-order valence-electron chi connectivity index (χ0n) is 13.6. The number of furan rings is 1. The van der Waals surface area contributed by atoms with Crippen molar-refractivity contribution < 1.29 is 23.1 Å². The Labute approximate surface area is 144 Å². The van der Waals surface area contributed by atoms with E-state index in [1.165, 1.54) is 30.5 Å². The van der Waals surface area contributed by atoms with Crippen molar-refractivity contribution in [3.05, 3.63) is 54.2 Å². The maximum absolute atomic E-state index is 12.7. The number of hydrogen-bond acceptors (Lipinski definition) is 4. The smallest absolute Gasteiger partial charge is 0.315 e. The summed E-state index contributed by atoms with van der Waals surface area (Å²) in [5, 5.41) is 7.68. The van der Waals surface area contributed by atoms with Crippen molar-refractivity contribution in [1.29, 1.82) is 0 Å². The molecule has 8 heteroatoms. The molecule has 2 rings (SSSR count). The van der Waals surface area contributed by atoms with Gasteiger partial charge in [0.15, 0.2) is 0 Å². The predicted molar refractivity (Wildman–Crippen MR) is 88.5 cm³/mol. The van der Waals surface area contributed by atoms with Gasteiger partial charge in [0.2, 0.25) is 5.91 Å². The summed E-state index contributed by atoms with van der Waals surface area (Å²) in [6.45, 7) is 0.922. The first kappa shape index (κ1) is 18.3. The summed E-state index contributed by atoms with van der Waals surface area (Å²) in [7, 11) is 0. The van der Waals surface area contributed by atoms with E-state index in [9.17, 15) is 14.0 Å². The minimum atomic E-state index is -0.435. The van der Waals surface area contributed by atoms with Crippen molar-refractivity contribution >= 4 is 11.9 Å². The van der Waals surface area contributed by atoms with E-state index < -0.39 is 6.03 Å². The van der Waals surface area contributed by atoms with Crippen LogP contribution in [0.4, 0.5) is 9.18 Å². The van der Waals surface area contributed by atoms with Gasteiger partial charge in [-0.3, -0.25) is 4.79 Å². The van der Waals surface area contributed by atoms with Crippen LogP contribution in [-0.2, 0) is 11.3 Å². The Morgan fingerprint density at radius 1 is 1.08 bits per heavy atom. The van der Waals surface area contributed by atoms with E-state index in [-0.39, 0.29) is 24.8 Å². The number of nitrogens with one attached hydrogen (secondary N) is 3. The van der Waals surface area contributed by atoms with Gasteiger partial charge in [0.25, 0.3) is 0 Å². The molecule has 0 fully saturated rings. The molecule has 1 aromatic heterocycles. The van der Waals surface area contributed by atoms with Crippen molar-refractivity contribution in [3.8, 4) is 5.75 Å². The van der Waals surface area contributed by atoms with Crippen molar-refractivity contribution in [2.24, 2.45) is 0 Å². The molecule has 7 nitrogen and oxygen atoms in total. The number of ether oxygens (including phenoxy) is 1. The minimum absolute atomic E-state index is 0.126. The van der Waals surface area contributed by atoms with Crippen molar-refractivity contribution in [1.82, 2.24) is 16.0 Å². The second kappa shape index (κ2) is 9.96. The second-order valence-corrected chi connectivity index (χ2v) is 5.12. The molecule has 2 aromatic rings. The SMILES string of the molecule is O=C(CNC(=O)NCCCOc1ccc(F)cc1)NCc1ccco1. The topological polar surface area (TPSA) is 92.6 Å². The van der Waals surface area contributed by atoms with Gasteiger partial charge >= 0.3 is 6.03 Å². The summed E-state index contributed by atoms with van der Waals surface area (Å²) >= 11 is 0. The third kappa shape index (κ3) is 7.38. The quantitative estimate of drug-likeness (QED) is 0.602. The van der Waals surface area contributed by atoms with E-state index in [1.807, 2.05) is 0 Å². The molecule has 0 aliphatic heterocycles. The number of hydrogen-bond donors (Lipinski definition) is 3. The zero-order chi connectivity index (χ0) is 17.9. The number of carbonyl (C=O) groups excluding carboxylic acids is 2. The molecule has 0 atom stereocenters. The first-order valence-corrected chi connectivity index (χ1v) is 7.82. The third-order valence-electron chi connectivity index (χ3n) is 3.14. The molecule has 134 valence electrons. The maximum atomic E-state index is 12.7. The number of carbonyl (C=O) groups is 2. The lowest BCUT2D eigenvalue weighted by molar-refractivity contribution is -0.120. The van der Waals surface area contributed by atoms with Gasteiger partial charge in [0, 0.05) is 6.54 Å². The van der Waals surface area contributed by atoms with Crippen LogP contribution >= 0.6 is 0 Å². The van der Waals surface area contributed by atoms with Crippen LogP contribution in [0.5, 0.6) is 5.75 Å². The van der Waals surface area contributed by atoms with E-state index in [1.54, 1.807) is 12.1 Å². The summed E-state index contributed by atoms with van der Waals surface area (Å²) in [4.78, 5) is 23.1. The summed E-state index contributed by atoms with van der Waals surface area (Å²) in [6.07, 6.45) is 2.10. The number of rotatable bonds is 9. The summed E-state index contributed by atoms with van der Waals surface area (Å²) in [6, 6.07) is 8.75. The Bertz CT molecular complexity index is 659. The van der Waals surface area contributed by atoms with Gasteiger partial charge in [-0.25, -0.2) is 9.18 Å². The van der Waals surface area contributed by atoms with E-state index >= 15 is 0 Å². The van der Waals surface area contributed by atoms with E-state index in [0.29, 0.717) is 31.1 Å². The van der Waals surface area contributed by atoms with Crippen LogP contribution in [0.15, 0.2) is 47.1 Å². The van der Waals surface area contributed by atoms with Crippen LogP contribution in [0.2, 0.25) is 0 Å². The fraction of sp³-hybridized carbons (Fsp3) is 0.294. The lowest BCUT2D eigenvalue weighted by atomic mass is 10.3. The molecule has 0 aliphatic rings. The van der Waals surface area contributed by atoms with Crippen LogP contribution in [0.3, 0.4) is 0 Å². The Hall–Kier alpha value is -3.03. The third-order valence-corrected chi connectivity index (χ3v) is 3.14. The highest BCUT2D eigenvalue weighted by Crippen LogP contribution is 2.10. The second-order valence-electron chi connectivity index (χ2n) is 5.12. The molecule has 0 unspecified atom stereocenters. The number of amides is 3. The maximum Gasteiger partial charge on any atom is 0.315 e. The predicted octanol–water partition coefficient (Wildman–Crippen LogP) is 1.80. The highest BCUT2D eigenvalue weighted by Gasteiger charge is 2.05. The van der Waals surface area contributed by atoms with Crippen LogP contribution < -0.4 is 20.7 Å². The lowest BCUT2D eigenvalue weighted by Crippen LogP contribution is -2.42. The first-order valence-electron chi connectivity index (χ1n) is 7.82. The molecule has 0 bridgehead atoms. The molecule has 25 heavy (non-hydrogen) atoms. The Balaban J connectivity index is 1.49. The monoisotopic (exact) mass is 349 g/mol. The van der Waals surface area contributed by atoms with Gasteiger partial charge < -0.3 is 25.1 Å². The molecule has 0 saturated heterocycles. The molecule has 0 spiro atoms. The van der Waals surface area contributed by atoms with Crippen molar-refractivity contribution in [2.75, 3.05) is 19.7 Å². The summed E-state index contributed by atoms with van der Waals surface area (Å²) in [5.41, 5.74) is 0. The van der Waals surface area contributed by atoms with Crippen molar-refractivity contribution in [3.63, 3.8) is 0 Å². The molecule has 3 N–H and O–H groups in total. The Morgan fingerprint density at radius 2 is 1.88 bits per heavy atom. The molecule has 1 aromatic carbocycles. The van der Waals surface area contributed by atoms with Gasteiger partial charge in [-0.05, 0) is 42.8 Å². The summed E-state index contributed by atoms with van der Waals surface area (Å²) < 4.78 is 23.2. The zero-order valence-corrected chi connectivity index (χ0v) is 13.6. The molecular formula is C17H20FN3O4. The summed E-state index contributed by atoms with van der Waals surface area (Å²) in [5.74, 6) is 0.572. The molecular weight excluding hydrogens is 329 g/mol. The van der Waals surface area contributed by atoms with Gasteiger partial charge in [-0.2, -0.15) is 0 Å². The molecule has 0 saturated carbocycles.